The monoisotopic (exact) mass is 216 g/mol. The maximum atomic E-state index is 11.7. The quantitative estimate of drug-likeness (QED) is 0.718. The lowest BCUT2D eigenvalue weighted by Crippen LogP contribution is -2.12. The van der Waals surface area contributed by atoms with Crippen molar-refractivity contribution in [2.24, 2.45) is 5.73 Å². The van der Waals surface area contributed by atoms with Gasteiger partial charge in [0.15, 0.2) is 0 Å². The van der Waals surface area contributed by atoms with Crippen molar-refractivity contribution in [3.8, 4) is 0 Å². The number of rotatable bonds is 3. The van der Waals surface area contributed by atoms with E-state index in [1.807, 2.05) is 24.3 Å². The van der Waals surface area contributed by atoms with Crippen LogP contribution in [0.4, 0.5) is 5.69 Å². The van der Waals surface area contributed by atoms with Gasteiger partial charge in [0.1, 0.15) is 5.69 Å². The fourth-order valence-electron chi connectivity index (χ4n) is 1.36. The molecule has 5 nitrogen and oxygen atoms in total. The molecular formula is C11H12N4O. The van der Waals surface area contributed by atoms with E-state index >= 15 is 0 Å². The van der Waals surface area contributed by atoms with E-state index in [2.05, 4.69) is 15.5 Å². The normalized spacial score (nSPS) is 10.1. The highest BCUT2D eigenvalue weighted by Gasteiger charge is 2.06. The van der Waals surface area contributed by atoms with E-state index in [9.17, 15) is 4.79 Å². The molecule has 1 aromatic heterocycles. The van der Waals surface area contributed by atoms with Crippen LogP contribution in [0.2, 0.25) is 0 Å². The van der Waals surface area contributed by atoms with Crippen molar-refractivity contribution in [3.05, 3.63) is 47.8 Å². The second kappa shape index (κ2) is 4.59. The zero-order chi connectivity index (χ0) is 11.4. The van der Waals surface area contributed by atoms with E-state index < -0.39 is 0 Å². The second-order valence-electron chi connectivity index (χ2n) is 3.33. The minimum absolute atomic E-state index is 0.216. The predicted octanol–water partition coefficient (Wildman–Crippen LogP) is 1.12. The molecule has 0 saturated heterocycles. The zero-order valence-corrected chi connectivity index (χ0v) is 8.60. The van der Waals surface area contributed by atoms with Crippen LogP contribution in [0.5, 0.6) is 0 Å². The van der Waals surface area contributed by atoms with Crippen LogP contribution >= 0.6 is 0 Å². The van der Waals surface area contributed by atoms with Crippen LogP contribution in [-0.4, -0.2) is 16.1 Å². The third-order valence-electron chi connectivity index (χ3n) is 2.17. The van der Waals surface area contributed by atoms with E-state index in [4.69, 9.17) is 5.73 Å². The highest BCUT2D eigenvalue weighted by atomic mass is 16.1. The van der Waals surface area contributed by atoms with Crippen LogP contribution in [0.3, 0.4) is 0 Å². The summed E-state index contributed by atoms with van der Waals surface area (Å²) < 4.78 is 0. The number of aromatic nitrogens is 2. The van der Waals surface area contributed by atoms with Crippen molar-refractivity contribution in [1.82, 2.24) is 10.2 Å². The Kier molecular flexibility index (Phi) is 2.98. The average Bonchev–Trinajstić information content (AvgIpc) is 2.83. The molecule has 0 atom stereocenters. The highest BCUT2D eigenvalue weighted by Crippen LogP contribution is 2.11. The van der Waals surface area contributed by atoms with Crippen LogP contribution < -0.4 is 11.1 Å². The van der Waals surface area contributed by atoms with E-state index in [0.29, 0.717) is 12.2 Å². The molecule has 2 rings (SSSR count). The lowest BCUT2D eigenvalue weighted by molar-refractivity contribution is 0.102. The minimum atomic E-state index is -0.216. The highest BCUT2D eigenvalue weighted by molar-refractivity contribution is 6.02. The molecule has 1 heterocycles. The Hall–Kier alpha value is -2.14. The number of H-pyrrole nitrogens is 1. The van der Waals surface area contributed by atoms with Crippen molar-refractivity contribution in [2.45, 2.75) is 6.54 Å². The number of anilines is 1. The molecule has 2 aromatic rings. The fraction of sp³-hybridized carbons (Fsp3) is 0.0909. The van der Waals surface area contributed by atoms with E-state index in [0.717, 1.165) is 11.3 Å². The molecule has 0 saturated carbocycles. The standard InChI is InChI=1S/C11H12N4O/c12-7-8-2-1-3-9(6-8)14-11(16)10-4-5-13-15-10/h1-6H,7,12H2,(H,13,15)(H,14,16). The Balaban J connectivity index is 2.12. The molecule has 4 N–H and O–H groups in total. The van der Waals surface area contributed by atoms with Gasteiger partial charge >= 0.3 is 0 Å². The van der Waals surface area contributed by atoms with Gasteiger partial charge in [0.05, 0.1) is 0 Å². The molecule has 5 heteroatoms. The fourth-order valence-corrected chi connectivity index (χ4v) is 1.36. The summed E-state index contributed by atoms with van der Waals surface area (Å²) >= 11 is 0. The summed E-state index contributed by atoms with van der Waals surface area (Å²) in [7, 11) is 0. The van der Waals surface area contributed by atoms with Crippen molar-refractivity contribution < 1.29 is 4.79 Å². The van der Waals surface area contributed by atoms with Crippen molar-refractivity contribution in [3.63, 3.8) is 0 Å². The van der Waals surface area contributed by atoms with Crippen molar-refractivity contribution in [2.75, 3.05) is 5.32 Å². The Morgan fingerprint density at radius 3 is 3.00 bits per heavy atom. The van der Waals surface area contributed by atoms with E-state index in [1.165, 1.54) is 6.20 Å². The first-order valence-corrected chi connectivity index (χ1v) is 4.89. The summed E-state index contributed by atoms with van der Waals surface area (Å²) in [6, 6.07) is 9.03. The Labute approximate surface area is 92.7 Å². The number of carbonyl (C=O) groups excluding carboxylic acids is 1. The van der Waals surface area contributed by atoms with Crippen LogP contribution in [0, 0.1) is 0 Å². The summed E-state index contributed by atoms with van der Waals surface area (Å²) in [5.74, 6) is -0.216. The third-order valence-corrected chi connectivity index (χ3v) is 2.17. The van der Waals surface area contributed by atoms with Gasteiger partial charge in [-0.2, -0.15) is 5.10 Å². The Morgan fingerprint density at radius 1 is 1.44 bits per heavy atom. The van der Waals surface area contributed by atoms with Gasteiger partial charge in [0.25, 0.3) is 5.91 Å². The molecule has 0 bridgehead atoms. The Morgan fingerprint density at radius 2 is 2.31 bits per heavy atom. The van der Waals surface area contributed by atoms with Gasteiger partial charge in [-0.05, 0) is 23.8 Å². The number of hydrogen-bond donors (Lipinski definition) is 3. The molecule has 0 fully saturated rings. The first-order valence-electron chi connectivity index (χ1n) is 4.89. The van der Waals surface area contributed by atoms with Crippen LogP contribution in [0.25, 0.3) is 0 Å². The molecule has 0 radical (unpaired) electrons. The second-order valence-corrected chi connectivity index (χ2v) is 3.33. The minimum Gasteiger partial charge on any atom is -0.326 e. The van der Waals surface area contributed by atoms with E-state index in [-0.39, 0.29) is 5.91 Å². The van der Waals surface area contributed by atoms with Gasteiger partial charge in [-0.25, -0.2) is 0 Å². The average molecular weight is 216 g/mol. The number of amides is 1. The molecule has 0 unspecified atom stereocenters. The molecule has 82 valence electrons. The predicted molar refractivity (Wildman–Crippen MR) is 60.9 cm³/mol. The summed E-state index contributed by atoms with van der Waals surface area (Å²) in [6.07, 6.45) is 1.53. The van der Waals surface area contributed by atoms with Crippen LogP contribution in [0.1, 0.15) is 16.1 Å². The zero-order valence-electron chi connectivity index (χ0n) is 8.60. The van der Waals surface area contributed by atoms with Crippen LogP contribution in [-0.2, 0) is 6.54 Å². The lowest BCUT2D eigenvalue weighted by atomic mass is 10.2. The maximum Gasteiger partial charge on any atom is 0.273 e. The Bertz CT molecular complexity index is 478. The summed E-state index contributed by atoms with van der Waals surface area (Å²) in [5, 5.41) is 9.07. The van der Waals surface area contributed by atoms with Crippen molar-refractivity contribution in [1.29, 1.82) is 0 Å². The molecule has 1 aromatic carbocycles. The SMILES string of the molecule is NCc1cccc(NC(=O)c2ccn[nH]2)c1. The van der Waals surface area contributed by atoms with Gasteiger partial charge in [0.2, 0.25) is 0 Å². The van der Waals surface area contributed by atoms with E-state index in [1.54, 1.807) is 6.07 Å². The number of nitrogens with one attached hydrogen (secondary N) is 2. The molecule has 0 aliphatic heterocycles. The summed E-state index contributed by atoms with van der Waals surface area (Å²) in [6.45, 7) is 0.452. The molecule has 0 aliphatic carbocycles. The number of nitrogens with two attached hydrogens (primary N) is 1. The van der Waals surface area contributed by atoms with Crippen LogP contribution in [0.15, 0.2) is 36.5 Å². The van der Waals surface area contributed by atoms with Gasteiger partial charge in [0, 0.05) is 18.4 Å². The molecule has 0 spiro atoms. The first kappa shape index (κ1) is 10.4. The number of benzene rings is 1. The largest absolute Gasteiger partial charge is 0.326 e. The van der Waals surface area contributed by atoms with Gasteiger partial charge in [-0.3, -0.25) is 9.89 Å². The maximum absolute atomic E-state index is 11.7. The summed E-state index contributed by atoms with van der Waals surface area (Å²) in [4.78, 5) is 11.7. The molecular weight excluding hydrogens is 204 g/mol. The van der Waals surface area contributed by atoms with Gasteiger partial charge < -0.3 is 11.1 Å². The number of nitrogens with zero attached hydrogens (tertiary/aromatic N) is 1. The summed E-state index contributed by atoms with van der Waals surface area (Å²) in [5.41, 5.74) is 7.64. The van der Waals surface area contributed by atoms with Crippen molar-refractivity contribution >= 4 is 11.6 Å². The molecule has 1 amide bonds. The molecule has 16 heavy (non-hydrogen) atoms. The number of hydrogen-bond acceptors (Lipinski definition) is 3. The third kappa shape index (κ3) is 2.26. The molecule has 0 aliphatic rings. The van der Waals surface area contributed by atoms with Gasteiger partial charge in [-0.1, -0.05) is 12.1 Å². The lowest BCUT2D eigenvalue weighted by Gasteiger charge is -2.04. The number of aromatic amines is 1. The topological polar surface area (TPSA) is 83.8 Å². The number of carbonyl (C=O) groups is 1. The van der Waals surface area contributed by atoms with Gasteiger partial charge in [-0.15, -0.1) is 0 Å². The first-order chi connectivity index (χ1) is 7.79. The smallest absolute Gasteiger partial charge is 0.273 e.